The third kappa shape index (κ3) is 4.07. The van der Waals surface area contributed by atoms with Crippen LogP contribution in [0.25, 0.3) is 0 Å². The first-order chi connectivity index (χ1) is 12.0. The van der Waals surface area contributed by atoms with E-state index in [1.165, 1.54) is 11.1 Å². The molecule has 1 aromatic carbocycles. The Morgan fingerprint density at radius 1 is 1.36 bits per heavy atom. The fourth-order valence-electron chi connectivity index (χ4n) is 3.42. The average Bonchev–Trinajstić information content (AvgIpc) is 3.11. The molecule has 0 radical (unpaired) electrons. The Hall–Kier alpha value is -2.63. The first-order valence-electron chi connectivity index (χ1n) is 8.72. The molecule has 3 N–H and O–H groups in total. The molecule has 0 aliphatic carbocycles. The number of nitrogens with two attached hydrogens (primary N) is 1. The maximum Gasteiger partial charge on any atom is 0.269 e. The monoisotopic (exact) mass is 340 g/mol. The van der Waals surface area contributed by atoms with E-state index in [9.17, 15) is 9.59 Å². The van der Waals surface area contributed by atoms with E-state index < -0.39 is 5.91 Å². The molecule has 0 spiro atoms. The van der Waals surface area contributed by atoms with Crippen LogP contribution in [0.4, 0.5) is 0 Å². The molecule has 1 fully saturated rings. The van der Waals surface area contributed by atoms with Gasteiger partial charge < -0.3 is 10.6 Å². The average molecular weight is 340 g/mol. The lowest BCUT2D eigenvalue weighted by molar-refractivity contribution is -0.132. The summed E-state index contributed by atoms with van der Waals surface area (Å²) in [6.07, 6.45) is 3.21. The summed E-state index contributed by atoms with van der Waals surface area (Å²) < 4.78 is 0. The van der Waals surface area contributed by atoms with Crippen LogP contribution in [0.15, 0.2) is 30.3 Å². The second-order valence-electron chi connectivity index (χ2n) is 6.68. The summed E-state index contributed by atoms with van der Waals surface area (Å²) in [6.45, 7) is 3.53. The molecule has 0 bridgehead atoms. The molecule has 25 heavy (non-hydrogen) atoms. The van der Waals surface area contributed by atoms with E-state index in [1.807, 2.05) is 17.0 Å². The van der Waals surface area contributed by atoms with Gasteiger partial charge >= 0.3 is 0 Å². The summed E-state index contributed by atoms with van der Waals surface area (Å²) >= 11 is 0. The number of piperidine rings is 1. The van der Waals surface area contributed by atoms with Crippen LogP contribution in [0, 0.1) is 6.92 Å². The molecule has 132 valence electrons. The van der Waals surface area contributed by atoms with Crippen LogP contribution in [0.2, 0.25) is 0 Å². The van der Waals surface area contributed by atoms with Crippen LogP contribution in [-0.2, 0) is 11.2 Å². The Kier molecular flexibility index (Phi) is 5.16. The van der Waals surface area contributed by atoms with Crippen LogP contribution >= 0.6 is 0 Å². The number of amides is 2. The van der Waals surface area contributed by atoms with Crippen molar-refractivity contribution < 1.29 is 9.59 Å². The Bertz CT molecular complexity index is 768. The minimum Gasteiger partial charge on any atom is -0.364 e. The van der Waals surface area contributed by atoms with E-state index >= 15 is 0 Å². The number of carbonyl (C=O) groups excluding carboxylic acids is 2. The van der Waals surface area contributed by atoms with E-state index in [-0.39, 0.29) is 17.5 Å². The highest BCUT2D eigenvalue weighted by Gasteiger charge is 2.26. The number of nitrogens with one attached hydrogen (secondary N) is 1. The van der Waals surface area contributed by atoms with Gasteiger partial charge in [-0.3, -0.25) is 14.7 Å². The number of aryl methyl sites for hydroxylation is 2. The standard InChI is InChI=1S/C19H24N4O2/c1-13-5-2-3-6-14(13)8-9-18(24)23-10-4-7-15(12-23)16-11-17(19(20)25)22-21-16/h2-3,5-6,11,15H,4,7-10,12H2,1H3,(H2,20,25)(H,21,22)/t15-/m0/s1. The Morgan fingerprint density at radius 2 is 2.16 bits per heavy atom. The van der Waals surface area contributed by atoms with Gasteiger partial charge in [0, 0.05) is 31.1 Å². The highest BCUT2D eigenvalue weighted by molar-refractivity contribution is 5.90. The van der Waals surface area contributed by atoms with Gasteiger partial charge in [-0.2, -0.15) is 5.10 Å². The number of aromatic amines is 1. The van der Waals surface area contributed by atoms with E-state index in [2.05, 4.69) is 29.3 Å². The highest BCUT2D eigenvalue weighted by atomic mass is 16.2. The second kappa shape index (κ2) is 7.51. The summed E-state index contributed by atoms with van der Waals surface area (Å²) in [6, 6.07) is 9.89. The van der Waals surface area contributed by atoms with Crippen molar-refractivity contribution in [3.63, 3.8) is 0 Å². The van der Waals surface area contributed by atoms with Gasteiger partial charge in [-0.15, -0.1) is 0 Å². The molecule has 0 unspecified atom stereocenters. The number of H-pyrrole nitrogens is 1. The second-order valence-corrected chi connectivity index (χ2v) is 6.68. The zero-order chi connectivity index (χ0) is 17.8. The minimum atomic E-state index is -0.538. The number of aromatic nitrogens is 2. The molecule has 2 aromatic rings. The summed E-state index contributed by atoms with van der Waals surface area (Å²) in [7, 11) is 0. The van der Waals surface area contributed by atoms with Gasteiger partial charge in [0.05, 0.1) is 0 Å². The van der Waals surface area contributed by atoms with Gasteiger partial charge in [-0.1, -0.05) is 24.3 Å². The number of rotatable bonds is 5. The zero-order valence-electron chi connectivity index (χ0n) is 14.5. The summed E-state index contributed by atoms with van der Waals surface area (Å²) in [5.74, 6) is -0.177. The van der Waals surface area contributed by atoms with Gasteiger partial charge in [0.2, 0.25) is 5.91 Å². The van der Waals surface area contributed by atoms with Crippen LogP contribution in [0.3, 0.4) is 0 Å². The Labute approximate surface area is 147 Å². The van der Waals surface area contributed by atoms with E-state index in [0.29, 0.717) is 13.0 Å². The minimum absolute atomic E-state index is 0.178. The van der Waals surface area contributed by atoms with Crippen molar-refractivity contribution >= 4 is 11.8 Å². The van der Waals surface area contributed by atoms with Crippen molar-refractivity contribution in [1.29, 1.82) is 0 Å². The molecule has 2 heterocycles. The van der Waals surface area contributed by atoms with Gasteiger partial charge in [-0.05, 0) is 43.4 Å². The SMILES string of the molecule is Cc1ccccc1CCC(=O)N1CCC[C@H](c2cc(C(N)=O)n[nH]2)C1. The lowest BCUT2D eigenvalue weighted by Crippen LogP contribution is -2.39. The number of carbonyl (C=O) groups is 2. The molecule has 1 atom stereocenters. The topological polar surface area (TPSA) is 92.1 Å². The molecule has 1 saturated heterocycles. The molecule has 1 aliphatic heterocycles. The molecule has 1 aromatic heterocycles. The van der Waals surface area contributed by atoms with Gasteiger partial charge in [0.1, 0.15) is 5.69 Å². The Balaban J connectivity index is 1.59. The van der Waals surface area contributed by atoms with Crippen molar-refractivity contribution in [3.8, 4) is 0 Å². The number of nitrogens with zero attached hydrogens (tertiary/aromatic N) is 2. The number of likely N-dealkylation sites (tertiary alicyclic amines) is 1. The smallest absolute Gasteiger partial charge is 0.269 e. The van der Waals surface area contributed by atoms with E-state index in [0.717, 1.165) is 31.5 Å². The molecular weight excluding hydrogens is 316 g/mol. The van der Waals surface area contributed by atoms with Crippen LogP contribution in [0.1, 0.15) is 52.5 Å². The van der Waals surface area contributed by atoms with E-state index in [1.54, 1.807) is 6.07 Å². The van der Waals surface area contributed by atoms with Crippen molar-refractivity contribution in [1.82, 2.24) is 15.1 Å². The summed E-state index contributed by atoms with van der Waals surface area (Å²) in [4.78, 5) is 25.7. The number of benzene rings is 1. The lowest BCUT2D eigenvalue weighted by Gasteiger charge is -2.32. The molecule has 0 saturated carbocycles. The molecule has 1 aliphatic rings. The van der Waals surface area contributed by atoms with Crippen molar-refractivity contribution in [2.45, 2.75) is 38.5 Å². The molecule has 3 rings (SSSR count). The van der Waals surface area contributed by atoms with Gasteiger partial charge in [-0.25, -0.2) is 0 Å². The lowest BCUT2D eigenvalue weighted by atomic mass is 9.94. The maximum atomic E-state index is 12.6. The molecule has 6 nitrogen and oxygen atoms in total. The first-order valence-corrected chi connectivity index (χ1v) is 8.72. The van der Waals surface area contributed by atoms with Gasteiger partial charge in [0.25, 0.3) is 5.91 Å². The Morgan fingerprint density at radius 3 is 2.88 bits per heavy atom. The summed E-state index contributed by atoms with van der Waals surface area (Å²) in [5, 5.41) is 6.84. The number of hydrogen-bond donors (Lipinski definition) is 2. The van der Waals surface area contributed by atoms with Crippen molar-refractivity contribution in [2.24, 2.45) is 5.73 Å². The maximum absolute atomic E-state index is 12.6. The predicted molar refractivity (Wildman–Crippen MR) is 95.2 cm³/mol. The fourth-order valence-corrected chi connectivity index (χ4v) is 3.42. The van der Waals surface area contributed by atoms with Crippen molar-refractivity contribution in [3.05, 3.63) is 52.8 Å². The van der Waals surface area contributed by atoms with Crippen LogP contribution < -0.4 is 5.73 Å². The molecule has 2 amide bonds. The summed E-state index contributed by atoms with van der Waals surface area (Å²) in [5.41, 5.74) is 8.83. The van der Waals surface area contributed by atoms with Crippen LogP contribution in [0.5, 0.6) is 0 Å². The number of hydrogen-bond acceptors (Lipinski definition) is 3. The van der Waals surface area contributed by atoms with E-state index in [4.69, 9.17) is 5.73 Å². The normalized spacial score (nSPS) is 17.5. The predicted octanol–water partition coefficient (Wildman–Crippen LogP) is 2.16. The highest BCUT2D eigenvalue weighted by Crippen LogP contribution is 2.26. The largest absolute Gasteiger partial charge is 0.364 e. The van der Waals surface area contributed by atoms with Crippen LogP contribution in [-0.4, -0.2) is 40.0 Å². The molecular formula is C19H24N4O2. The fraction of sp³-hybridized carbons (Fsp3) is 0.421. The first kappa shape index (κ1) is 17.2. The zero-order valence-corrected chi connectivity index (χ0v) is 14.5. The quantitative estimate of drug-likeness (QED) is 0.873. The van der Waals surface area contributed by atoms with Gasteiger partial charge in [0.15, 0.2) is 0 Å². The third-order valence-corrected chi connectivity index (χ3v) is 4.93. The third-order valence-electron chi connectivity index (χ3n) is 4.93. The molecule has 6 heteroatoms. The van der Waals surface area contributed by atoms with Crippen molar-refractivity contribution in [2.75, 3.05) is 13.1 Å². The number of primary amides is 1.